The molecular weight excluding hydrogens is 259 g/mol. The van der Waals surface area contributed by atoms with Crippen LogP contribution in [0, 0.1) is 0 Å². The molecule has 1 unspecified atom stereocenters. The van der Waals surface area contributed by atoms with Crippen LogP contribution in [0.25, 0.3) is 0 Å². The van der Waals surface area contributed by atoms with Crippen molar-refractivity contribution in [3.63, 3.8) is 0 Å². The van der Waals surface area contributed by atoms with E-state index in [1.807, 2.05) is 6.92 Å². The third kappa shape index (κ3) is 3.50. The minimum absolute atomic E-state index is 0.0416. The van der Waals surface area contributed by atoms with Gasteiger partial charge in [0.1, 0.15) is 11.6 Å². The van der Waals surface area contributed by atoms with Crippen LogP contribution in [0.3, 0.4) is 0 Å². The van der Waals surface area contributed by atoms with Gasteiger partial charge >= 0.3 is 6.18 Å². The van der Waals surface area contributed by atoms with Crippen LogP contribution in [-0.4, -0.2) is 30.8 Å². The number of hydrogen-bond acceptors (Lipinski definition) is 4. The largest absolute Gasteiger partial charge is 0.416 e. The van der Waals surface area contributed by atoms with Crippen molar-refractivity contribution in [3.05, 3.63) is 17.7 Å². The smallest absolute Gasteiger partial charge is 0.384 e. The summed E-state index contributed by atoms with van der Waals surface area (Å²) in [7, 11) is 0. The number of hydrogen-bond donors (Lipinski definition) is 1. The van der Waals surface area contributed by atoms with E-state index in [1.165, 1.54) is 0 Å². The monoisotopic (exact) mass is 275 g/mol. The Bertz CT molecular complexity index is 450. The van der Waals surface area contributed by atoms with E-state index in [-0.39, 0.29) is 17.7 Å². The summed E-state index contributed by atoms with van der Waals surface area (Å²) in [5, 5.41) is 0. The lowest BCUT2D eigenvalue weighted by Crippen LogP contribution is -2.31. The van der Waals surface area contributed by atoms with Crippen LogP contribution in [-0.2, 0) is 10.9 Å². The van der Waals surface area contributed by atoms with Crippen molar-refractivity contribution in [1.29, 1.82) is 0 Å². The summed E-state index contributed by atoms with van der Waals surface area (Å²) in [4.78, 5) is 5.78. The molecule has 2 heterocycles. The van der Waals surface area contributed by atoms with Crippen molar-refractivity contribution in [2.45, 2.75) is 25.6 Å². The van der Waals surface area contributed by atoms with Gasteiger partial charge in [-0.3, -0.25) is 0 Å². The highest BCUT2D eigenvalue weighted by Crippen LogP contribution is 2.32. The molecule has 106 valence electrons. The Morgan fingerprint density at radius 1 is 1.42 bits per heavy atom. The molecule has 1 aliphatic heterocycles. The van der Waals surface area contributed by atoms with E-state index in [9.17, 15) is 13.2 Å². The zero-order valence-electron chi connectivity index (χ0n) is 10.6. The molecule has 0 spiro atoms. The number of ether oxygens (including phenoxy) is 1. The van der Waals surface area contributed by atoms with Crippen molar-refractivity contribution in [1.82, 2.24) is 4.98 Å². The summed E-state index contributed by atoms with van der Waals surface area (Å²) in [6.07, 6.45) is -3.71. The lowest BCUT2D eigenvalue weighted by Gasteiger charge is -2.24. The molecule has 1 fully saturated rings. The second-order valence-electron chi connectivity index (χ2n) is 4.62. The van der Waals surface area contributed by atoms with Gasteiger partial charge in [-0.25, -0.2) is 4.98 Å². The van der Waals surface area contributed by atoms with Gasteiger partial charge in [0.15, 0.2) is 0 Å². The molecule has 0 amide bonds. The van der Waals surface area contributed by atoms with Crippen LogP contribution in [0.5, 0.6) is 0 Å². The molecular formula is C12H16F3N3O. The third-order valence-electron chi connectivity index (χ3n) is 2.94. The SMILES string of the molecule is CC1CN(c2cc(C(F)(F)F)cc(N)n2)CCCO1. The maximum atomic E-state index is 12.7. The molecule has 1 aromatic rings. The second-order valence-corrected chi connectivity index (χ2v) is 4.62. The topological polar surface area (TPSA) is 51.4 Å². The molecule has 2 rings (SSSR count). The first-order valence-corrected chi connectivity index (χ1v) is 6.07. The molecule has 1 atom stereocenters. The van der Waals surface area contributed by atoms with E-state index in [4.69, 9.17) is 10.5 Å². The van der Waals surface area contributed by atoms with Crippen LogP contribution in [0.1, 0.15) is 18.9 Å². The van der Waals surface area contributed by atoms with Crippen LogP contribution < -0.4 is 10.6 Å². The Labute approximate surface area is 109 Å². The normalized spacial score (nSPS) is 21.3. The molecule has 4 nitrogen and oxygen atoms in total. The van der Waals surface area contributed by atoms with Gasteiger partial charge in [0.05, 0.1) is 11.7 Å². The van der Waals surface area contributed by atoms with Gasteiger partial charge in [-0.05, 0) is 25.5 Å². The molecule has 0 radical (unpaired) electrons. The maximum absolute atomic E-state index is 12.7. The lowest BCUT2D eigenvalue weighted by atomic mass is 10.2. The van der Waals surface area contributed by atoms with Crippen molar-refractivity contribution in [2.24, 2.45) is 0 Å². The van der Waals surface area contributed by atoms with Crippen LogP contribution in [0.2, 0.25) is 0 Å². The molecule has 19 heavy (non-hydrogen) atoms. The summed E-state index contributed by atoms with van der Waals surface area (Å²) >= 11 is 0. The van der Waals surface area contributed by atoms with Gasteiger partial charge < -0.3 is 15.4 Å². The molecule has 0 bridgehead atoms. The van der Waals surface area contributed by atoms with E-state index < -0.39 is 11.7 Å². The van der Waals surface area contributed by atoms with Crippen LogP contribution in [0.4, 0.5) is 24.8 Å². The number of anilines is 2. The van der Waals surface area contributed by atoms with Crippen LogP contribution in [0.15, 0.2) is 12.1 Å². The Balaban J connectivity index is 2.30. The first-order valence-electron chi connectivity index (χ1n) is 6.07. The molecule has 0 saturated carbocycles. The predicted molar refractivity (Wildman–Crippen MR) is 65.9 cm³/mol. The number of nitrogens with zero attached hydrogens (tertiary/aromatic N) is 2. The van der Waals surface area contributed by atoms with E-state index in [0.717, 1.165) is 18.6 Å². The number of nitrogen functional groups attached to an aromatic ring is 1. The Hall–Kier alpha value is -1.50. The summed E-state index contributed by atoms with van der Waals surface area (Å²) in [6, 6.07) is 1.88. The average Bonchev–Trinajstić information content (AvgIpc) is 2.52. The maximum Gasteiger partial charge on any atom is 0.416 e. The van der Waals surface area contributed by atoms with Crippen molar-refractivity contribution in [3.8, 4) is 0 Å². The van der Waals surface area contributed by atoms with Crippen molar-refractivity contribution < 1.29 is 17.9 Å². The van der Waals surface area contributed by atoms with Gasteiger partial charge in [0, 0.05) is 19.7 Å². The molecule has 0 aromatic carbocycles. The van der Waals surface area contributed by atoms with E-state index >= 15 is 0 Å². The fourth-order valence-corrected chi connectivity index (χ4v) is 2.06. The molecule has 2 N–H and O–H groups in total. The van der Waals surface area contributed by atoms with Gasteiger partial charge in [-0.2, -0.15) is 13.2 Å². The number of aromatic nitrogens is 1. The quantitative estimate of drug-likeness (QED) is 0.854. The molecule has 1 aromatic heterocycles. The molecule has 1 aliphatic rings. The zero-order chi connectivity index (χ0) is 14.0. The summed E-state index contributed by atoms with van der Waals surface area (Å²) in [5.74, 6) is 0.132. The average molecular weight is 275 g/mol. The van der Waals surface area contributed by atoms with Gasteiger partial charge in [-0.15, -0.1) is 0 Å². The number of pyridine rings is 1. The Morgan fingerprint density at radius 3 is 2.84 bits per heavy atom. The first kappa shape index (κ1) is 13.9. The standard InChI is InChI=1S/C12H16F3N3O/c1-8-7-18(3-2-4-19-8)11-6-9(12(13,14)15)5-10(16)17-11/h5-6,8H,2-4,7H2,1H3,(H2,16,17). The van der Waals surface area contributed by atoms with Crippen molar-refractivity contribution >= 4 is 11.6 Å². The van der Waals surface area contributed by atoms with Gasteiger partial charge in [0.2, 0.25) is 0 Å². The van der Waals surface area contributed by atoms with Gasteiger partial charge in [0.25, 0.3) is 0 Å². The number of rotatable bonds is 1. The van der Waals surface area contributed by atoms with E-state index in [2.05, 4.69) is 4.98 Å². The van der Waals surface area contributed by atoms with E-state index in [1.54, 1.807) is 4.90 Å². The predicted octanol–water partition coefficient (Wildman–Crippen LogP) is 2.30. The first-order chi connectivity index (χ1) is 8.86. The highest BCUT2D eigenvalue weighted by atomic mass is 19.4. The molecule has 1 saturated heterocycles. The Kier molecular flexibility index (Phi) is 3.84. The summed E-state index contributed by atoms with van der Waals surface area (Å²) in [6.45, 7) is 3.60. The second kappa shape index (κ2) is 5.24. The highest BCUT2D eigenvalue weighted by Gasteiger charge is 2.32. The zero-order valence-corrected chi connectivity index (χ0v) is 10.6. The summed E-state index contributed by atoms with van der Waals surface area (Å²) in [5.41, 5.74) is 4.70. The highest BCUT2D eigenvalue weighted by molar-refractivity contribution is 5.49. The number of halogens is 3. The number of alkyl halides is 3. The fourth-order valence-electron chi connectivity index (χ4n) is 2.06. The fraction of sp³-hybridized carbons (Fsp3) is 0.583. The summed E-state index contributed by atoms with van der Waals surface area (Å²) < 4.78 is 43.7. The Morgan fingerprint density at radius 2 is 2.16 bits per heavy atom. The third-order valence-corrected chi connectivity index (χ3v) is 2.94. The van der Waals surface area contributed by atoms with Gasteiger partial charge in [-0.1, -0.05) is 0 Å². The van der Waals surface area contributed by atoms with Crippen molar-refractivity contribution in [2.75, 3.05) is 30.3 Å². The molecule has 7 heteroatoms. The van der Waals surface area contributed by atoms with E-state index in [0.29, 0.717) is 19.7 Å². The number of nitrogens with two attached hydrogens (primary N) is 1. The minimum atomic E-state index is -4.42. The molecule has 0 aliphatic carbocycles. The lowest BCUT2D eigenvalue weighted by molar-refractivity contribution is -0.137. The minimum Gasteiger partial charge on any atom is -0.384 e. The van der Waals surface area contributed by atoms with Crippen LogP contribution >= 0.6 is 0 Å².